The third kappa shape index (κ3) is 4.83. The molecule has 0 radical (unpaired) electrons. The summed E-state index contributed by atoms with van der Waals surface area (Å²) in [6, 6.07) is 0. The van der Waals surface area contributed by atoms with Crippen molar-refractivity contribution >= 4 is 15.9 Å². The second-order valence-corrected chi connectivity index (χ2v) is 5.14. The Bertz CT molecular complexity index is 160. The summed E-state index contributed by atoms with van der Waals surface area (Å²) in [6.07, 6.45) is 2.79. The molecule has 2 nitrogen and oxygen atoms in total. The van der Waals surface area contributed by atoms with Gasteiger partial charge in [0.05, 0.1) is 0 Å². The fourth-order valence-electron chi connectivity index (χ4n) is 2.30. The second-order valence-electron chi connectivity index (χ2n) is 4.49. The van der Waals surface area contributed by atoms with Crippen LogP contribution >= 0.6 is 15.9 Å². The van der Waals surface area contributed by atoms with Crippen LogP contribution in [0, 0.1) is 5.92 Å². The minimum absolute atomic E-state index is 0.885. The highest BCUT2D eigenvalue weighted by Crippen LogP contribution is 2.17. The average Bonchev–Trinajstić information content (AvgIpc) is 2.31. The molecule has 90 valence electrons. The number of alkyl halides is 1. The van der Waals surface area contributed by atoms with Crippen LogP contribution in [0.1, 0.15) is 26.7 Å². The molecule has 0 aromatic heterocycles. The molecule has 0 saturated carbocycles. The molecule has 1 atom stereocenters. The van der Waals surface area contributed by atoms with Crippen molar-refractivity contribution in [1.29, 1.82) is 0 Å². The van der Waals surface area contributed by atoms with Crippen LogP contribution in [-0.4, -0.2) is 54.4 Å². The third-order valence-electron chi connectivity index (χ3n) is 3.45. The lowest BCUT2D eigenvalue weighted by Gasteiger charge is -2.33. The summed E-state index contributed by atoms with van der Waals surface area (Å²) in [5.74, 6) is 0.885. The number of halogens is 1. The largest absolute Gasteiger partial charge is 0.303 e. The maximum atomic E-state index is 3.61. The number of hydrogen-bond acceptors (Lipinski definition) is 2. The molecule has 1 rings (SSSR count). The summed E-state index contributed by atoms with van der Waals surface area (Å²) in [6.45, 7) is 12.0. The van der Waals surface area contributed by atoms with E-state index in [0.717, 1.165) is 5.92 Å². The van der Waals surface area contributed by atoms with Crippen molar-refractivity contribution in [3.05, 3.63) is 0 Å². The molecule has 1 heterocycles. The van der Waals surface area contributed by atoms with E-state index in [-0.39, 0.29) is 0 Å². The van der Waals surface area contributed by atoms with Gasteiger partial charge in [-0.1, -0.05) is 29.8 Å². The lowest BCUT2D eigenvalue weighted by atomic mass is 10.0. The molecule has 0 aromatic rings. The van der Waals surface area contributed by atoms with Crippen molar-refractivity contribution in [2.45, 2.75) is 26.7 Å². The van der Waals surface area contributed by atoms with Crippen molar-refractivity contribution < 1.29 is 0 Å². The molecule has 0 aliphatic carbocycles. The third-order valence-corrected chi connectivity index (χ3v) is 4.36. The van der Waals surface area contributed by atoms with Gasteiger partial charge in [0.2, 0.25) is 0 Å². The maximum absolute atomic E-state index is 3.61. The number of nitrogens with zero attached hydrogens (tertiary/aromatic N) is 2. The van der Waals surface area contributed by atoms with E-state index >= 15 is 0 Å². The minimum Gasteiger partial charge on any atom is -0.303 e. The van der Waals surface area contributed by atoms with Gasteiger partial charge in [-0.05, 0) is 38.4 Å². The Labute approximate surface area is 103 Å². The van der Waals surface area contributed by atoms with Crippen LogP contribution in [-0.2, 0) is 0 Å². The molecule has 1 fully saturated rings. The van der Waals surface area contributed by atoms with Gasteiger partial charge in [-0.2, -0.15) is 0 Å². The predicted octanol–water partition coefficient (Wildman–Crippen LogP) is 2.44. The highest BCUT2D eigenvalue weighted by atomic mass is 79.9. The van der Waals surface area contributed by atoms with Crippen molar-refractivity contribution in [3.63, 3.8) is 0 Å². The molecule has 1 aliphatic heterocycles. The van der Waals surface area contributed by atoms with Crippen LogP contribution in [0.25, 0.3) is 0 Å². The van der Waals surface area contributed by atoms with E-state index in [1.807, 2.05) is 0 Å². The molecule has 0 N–H and O–H groups in total. The van der Waals surface area contributed by atoms with E-state index in [0.29, 0.717) is 0 Å². The first-order chi connectivity index (χ1) is 7.30. The van der Waals surface area contributed by atoms with Crippen LogP contribution < -0.4 is 0 Å². The first kappa shape index (κ1) is 13.5. The standard InChI is InChI=1S/C12H25BrN2/c1-3-14(4-2)8-9-15-7-5-6-12(10-13)11-15/h12H,3-11H2,1-2H3. The van der Waals surface area contributed by atoms with Gasteiger partial charge in [0.25, 0.3) is 0 Å². The van der Waals surface area contributed by atoms with E-state index in [2.05, 4.69) is 39.6 Å². The zero-order valence-corrected chi connectivity index (χ0v) is 11.8. The van der Waals surface area contributed by atoms with E-state index in [1.165, 1.54) is 57.4 Å². The van der Waals surface area contributed by atoms with Gasteiger partial charge in [-0.3, -0.25) is 0 Å². The molecule has 0 amide bonds. The Kier molecular flexibility index (Phi) is 6.86. The Balaban J connectivity index is 2.20. The lowest BCUT2D eigenvalue weighted by Crippen LogP contribution is -2.41. The van der Waals surface area contributed by atoms with Crippen molar-refractivity contribution in [3.8, 4) is 0 Å². The normalized spacial score (nSPS) is 23.6. The minimum atomic E-state index is 0.885. The fourth-order valence-corrected chi connectivity index (χ4v) is 2.83. The molecule has 3 heteroatoms. The summed E-state index contributed by atoms with van der Waals surface area (Å²) in [4.78, 5) is 5.14. The van der Waals surface area contributed by atoms with Crippen molar-refractivity contribution in [2.24, 2.45) is 5.92 Å². The highest BCUT2D eigenvalue weighted by molar-refractivity contribution is 9.09. The summed E-state index contributed by atoms with van der Waals surface area (Å²) < 4.78 is 0. The first-order valence-electron chi connectivity index (χ1n) is 6.30. The lowest BCUT2D eigenvalue weighted by molar-refractivity contribution is 0.160. The van der Waals surface area contributed by atoms with Gasteiger partial charge in [0.15, 0.2) is 0 Å². The van der Waals surface area contributed by atoms with E-state index in [4.69, 9.17) is 0 Å². The summed E-state index contributed by atoms with van der Waals surface area (Å²) >= 11 is 3.61. The molecule has 1 saturated heterocycles. The molecule has 1 unspecified atom stereocenters. The molecule has 0 spiro atoms. The van der Waals surface area contributed by atoms with Gasteiger partial charge < -0.3 is 9.80 Å². The average molecular weight is 277 g/mol. The van der Waals surface area contributed by atoms with Crippen LogP contribution in [0.2, 0.25) is 0 Å². The molecule has 0 aromatic carbocycles. The van der Waals surface area contributed by atoms with Gasteiger partial charge in [0.1, 0.15) is 0 Å². The number of likely N-dealkylation sites (N-methyl/N-ethyl adjacent to an activating group) is 1. The molecular weight excluding hydrogens is 252 g/mol. The number of piperidine rings is 1. The smallest absolute Gasteiger partial charge is 0.0109 e. The molecule has 0 bridgehead atoms. The van der Waals surface area contributed by atoms with Crippen LogP contribution in [0.15, 0.2) is 0 Å². The van der Waals surface area contributed by atoms with Gasteiger partial charge in [-0.15, -0.1) is 0 Å². The second kappa shape index (κ2) is 7.64. The van der Waals surface area contributed by atoms with Crippen LogP contribution in [0.3, 0.4) is 0 Å². The summed E-state index contributed by atoms with van der Waals surface area (Å²) in [5.41, 5.74) is 0. The molecule has 1 aliphatic rings. The van der Waals surface area contributed by atoms with Crippen molar-refractivity contribution in [2.75, 3.05) is 44.6 Å². The number of likely N-dealkylation sites (tertiary alicyclic amines) is 1. The van der Waals surface area contributed by atoms with Gasteiger partial charge in [0, 0.05) is 25.0 Å². The predicted molar refractivity (Wildman–Crippen MR) is 70.7 cm³/mol. The maximum Gasteiger partial charge on any atom is 0.0109 e. The van der Waals surface area contributed by atoms with Crippen molar-refractivity contribution in [1.82, 2.24) is 9.80 Å². The van der Waals surface area contributed by atoms with E-state index in [9.17, 15) is 0 Å². The highest BCUT2D eigenvalue weighted by Gasteiger charge is 2.18. The Morgan fingerprint density at radius 1 is 1.33 bits per heavy atom. The Morgan fingerprint density at radius 2 is 2.07 bits per heavy atom. The number of rotatable bonds is 6. The molecular formula is C12H25BrN2. The fraction of sp³-hybridized carbons (Fsp3) is 1.00. The zero-order valence-electron chi connectivity index (χ0n) is 10.2. The monoisotopic (exact) mass is 276 g/mol. The quantitative estimate of drug-likeness (QED) is 0.688. The topological polar surface area (TPSA) is 6.48 Å². The van der Waals surface area contributed by atoms with E-state index < -0.39 is 0 Å². The zero-order chi connectivity index (χ0) is 11.1. The molecule has 15 heavy (non-hydrogen) atoms. The summed E-state index contributed by atoms with van der Waals surface area (Å²) in [5, 5.41) is 1.18. The summed E-state index contributed by atoms with van der Waals surface area (Å²) in [7, 11) is 0. The number of hydrogen-bond donors (Lipinski definition) is 0. The first-order valence-corrected chi connectivity index (χ1v) is 7.43. The van der Waals surface area contributed by atoms with Gasteiger partial charge in [-0.25, -0.2) is 0 Å². The SMILES string of the molecule is CCN(CC)CCN1CCCC(CBr)C1. The van der Waals surface area contributed by atoms with E-state index in [1.54, 1.807) is 0 Å². The Morgan fingerprint density at radius 3 is 2.67 bits per heavy atom. The Hall–Kier alpha value is 0.400. The van der Waals surface area contributed by atoms with Crippen LogP contribution in [0.5, 0.6) is 0 Å². The van der Waals surface area contributed by atoms with Gasteiger partial charge >= 0.3 is 0 Å². The van der Waals surface area contributed by atoms with Crippen LogP contribution in [0.4, 0.5) is 0 Å².